The molecule has 0 radical (unpaired) electrons. The maximum atomic E-state index is 11.9. The van der Waals surface area contributed by atoms with E-state index in [1.807, 2.05) is 24.3 Å². The molecule has 2 aromatic rings. The van der Waals surface area contributed by atoms with Gasteiger partial charge < -0.3 is 10.1 Å². The Bertz CT molecular complexity index is 774. The van der Waals surface area contributed by atoms with Crippen molar-refractivity contribution in [1.29, 1.82) is 0 Å². The van der Waals surface area contributed by atoms with Crippen LogP contribution in [0, 0.1) is 0 Å². The number of ether oxygens (including phenoxy) is 1. The van der Waals surface area contributed by atoms with E-state index in [1.54, 1.807) is 24.3 Å². The van der Waals surface area contributed by atoms with Gasteiger partial charge in [-0.1, -0.05) is 24.9 Å². The van der Waals surface area contributed by atoms with Crippen LogP contribution < -0.4 is 15.5 Å². The largest absolute Gasteiger partial charge is 0.494 e. The first-order valence-electron chi connectivity index (χ1n) is 8.67. The standard InChI is InChI=1S/C20H22ClN3O3/c1-2-3-12-27-18-10-4-15(5-11-18)13-23-24-19(25)14-22-20(26)16-6-8-17(21)9-7-16/h4-11,13H,2-3,12,14H2,1H3,(H,22,26)(H,24,25). The Morgan fingerprint density at radius 1 is 1.11 bits per heavy atom. The molecule has 7 heteroatoms. The average molecular weight is 388 g/mol. The molecule has 2 aromatic carbocycles. The Morgan fingerprint density at radius 3 is 2.48 bits per heavy atom. The molecule has 0 aromatic heterocycles. The van der Waals surface area contributed by atoms with Gasteiger partial charge in [-0.05, 0) is 60.5 Å². The summed E-state index contributed by atoms with van der Waals surface area (Å²) in [5.41, 5.74) is 3.62. The summed E-state index contributed by atoms with van der Waals surface area (Å²) in [5.74, 6) is 0.0205. The summed E-state index contributed by atoms with van der Waals surface area (Å²) in [6, 6.07) is 13.8. The Labute approximate surface area is 163 Å². The van der Waals surface area contributed by atoms with Crippen molar-refractivity contribution in [3.05, 3.63) is 64.7 Å². The second kappa shape index (κ2) is 11.0. The fourth-order valence-corrected chi connectivity index (χ4v) is 2.19. The van der Waals surface area contributed by atoms with E-state index in [9.17, 15) is 9.59 Å². The lowest BCUT2D eigenvalue weighted by Crippen LogP contribution is -2.34. The minimum absolute atomic E-state index is 0.178. The van der Waals surface area contributed by atoms with Crippen molar-refractivity contribution in [3.63, 3.8) is 0 Å². The summed E-state index contributed by atoms with van der Waals surface area (Å²) in [5, 5.41) is 6.93. The highest BCUT2D eigenvalue weighted by atomic mass is 35.5. The smallest absolute Gasteiger partial charge is 0.259 e. The molecular weight excluding hydrogens is 366 g/mol. The third kappa shape index (κ3) is 7.50. The van der Waals surface area contributed by atoms with E-state index in [2.05, 4.69) is 22.8 Å². The van der Waals surface area contributed by atoms with Gasteiger partial charge in [0.15, 0.2) is 0 Å². The summed E-state index contributed by atoms with van der Waals surface area (Å²) in [4.78, 5) is 23.6. The van der Waals surface area contributed by atoms with Crippen LogP contribution in [0.15, 0.2) is 53.6 Å². The second-order valence-electron chi connectivity index (χ2n) is 5.75. The van der Waals surface area contributed by atoms with E-state index >= 15 is 0 Å². The van der Waals surface area contributed by atoms with Gasteiger partial charge in [0.2, 0.25) is 0 Å². The monoisotopic (exact) mass is 387 g/mol. The predicted molar refractivity (Wildman–Crippen MR) is 106 cm³/mol. The summed E-state index contributed by atoms with van der Waals surface area (Å²) in [6.07, 6.45) is 3.63. The number of hydrogen-bond acceptors (Lipinski definition) is 4. The highest BCUT2D eigenvalue weighted by Crippen LogP contribution is 2.11. The van der Waals surface area contributed by atoms with Crippen LogP contribution in [0.5, 0.6) is 5.75 Å². The highest BCUT2D eigenvalue weighted by Gasteiger charge is 2.07. The molecule has 2 rings (SSSR count). The van der Waals surface area contributed by atoms with Gasteiger partial charge in [-0.25, -0.2) is 5.43 Å². The second-order valence-corrected chi connectivity index (χ2v) is 6.19. The fourth-order valence-electron chi connectivity index (χ4n) is 2.07. The average Bonchev–Trinajstić information content (AvgIpc) is 2.68. The summed E-state index contributed by atoms with van der Waals surface area (Å²) < 4.78 is 5.58. The lowest BCUT2D eigenvalue weighted by Gasteiger charge is -2.05. The van der Waals surface area contributed by atoms with Crippen molar-refractivity contribution >= 4 is 29.6 Å². The molecule has 0 unspecified atom stereocenters. The van der Waals surface area contributed by atoms with Crippen molar-refractivity contribution in [2.45, 2.75) is 19.8 Å². The molecule has 27 heavy (non-hydrogen) atoms. The minimum atomic E-state index is -0.423. The van der Waals surface area contributed by atoms with Crippen LogP contribution in [0.4, 0.5) is 0 Å². The maximum absolute atomic E-state index is 11.9. The van der Waals surface area contributed by atoms with Gasteiger partial charge in [0.25, 0.3) is 11.8 Å². The minimum Gasteiger partial charge on any atom is -0.494 e. The first kappa shape index (κ1) is 20.5. The molecule has 6 nitrogen and oxygen atoms in total. The highest BCUT2D eigenvalue weighted by molar-refractivity contribution is 6.30. The molecule has 2 amide bonds. The van der Waals surface area contributed by atoms with Gasteiger partial charge in [0, 0.05) is 10.6 Å². The first-order chi connectivity index (χ1) is 13.1. The molecule has 0 spiro atoms. The third-order valence-electron chi connectivity index (χ3n) is 3.57. The number of amides is 2. The molecule has 0 heterocycles. The van der Waals surface area contributed by atoms with Crippen molar-refractivity contribution in [2.75, 3.05) is 13.2 Å². The Morgan fingerprint density at radius 2 is 1.81 bits per heavy atom. The van der Waals surface area contributed by atoms with E-state index in [1.165, 1.54) is 6.21 Å². The number of nitrogens with one attached hydrogen (secondary N) is 2. The van der Waals surface area contributed by atoms with Crippen LogP contribution in [-0.4, -0.2) is 31.2 Å². The van der Waals surface area contributed by atoms with E-state index in [0.29, 0.717) is 17.2 Å². The third-order valence-corrected chi connectivity index (χ3v) is 3.82. The van der Waals surface area contributed by atoms with Crippen molar-refractivity contribution in [3.8, 4) is 5.75 Å². The zero-order chi connectivity index (χ0) is 19.5. The number of hydrazone groups is 1. The van der Waals surface area contributed by atoms with Gasteiger partial charge in [-0.2, -0.15) is 5.10 Å². The molecule has 2 N–H and O–H groups in total. The van der Waals surface area contributed by atoms with Gasteiger partial charge in [-0.3, -0.25) is 9.59 Å². The maximum Gasteiger partial charge on any atom is 0.259 e. The quantitative estimate of drug-likeness (QED) is 0.393. The van der Waals surface area contributed by atoms with Gasteiger partial charge in [0.1, 0.15) is 5.75 Å². The number of benzene rings is 2. The molecule has 0 saturated heterocycles. The van der Waals surface area contributed by atoms with Crippen LogP contribution >= 0.6 is 11.6 Å². The molecular formula is C20H22ClN3O3. The molecule has 0 aliphatic carbocycles. The lowest BCUT2D eigenvalue weighted by molar-refractivity contribution is -0.120. The molecule has 0 bridgehead atoms. The van der Waals surface area contributed by atoms with Crippen molar-refractivity contribution in [2.24, 2.45) is 5.10 Å². The van der Waals surface area contributed by atoms with Crippen LogP contribution in [0.2, 0.25) is 5.02 Å². The Balaban J connectivity index is 1.72. The summed E-state index contributed by atoms with van der Waals surface area (Å²) >= 11 is 5.77. The lowest BCUT2D eigenvalue weighted by atomic mass is 10.2. The number of unbranched alkanes of at least 4 members (excludes halogenated alkanes) is 1. The van der Waals surface area contributed by atoms with Crippen LogP contribution in [-0.2, 0) is 4.79 Å². The van der Waals surface area contributed by atoms with Crippen LogP contribution in [0.1, 0.15) is 35.7 Å². The molecule has 0 atom stereocenters. The van der Waals surface area contributed by atoms with E-state index in [4.69, 9.17) is 16.3 Å². The number of carbonyl (C=O) groups excluding carboxylic acids is 2. The molecule has 0 aliphatic heterocycles. The molecule has 0 saturated carbocycles. The van der Waals surface area contributed by atoms with Crippen LogP contribution in [0.25, 0.3) is 0 Å². The number of hydrogen-bond donors (Lipinski definition) is 2. The number of rotatable bonds is 9. The van der Waals surface area contributed by atoms with Gasteiger partial charge in [-0.15, -0.1) is 0 Å². The molecule has 142 valence electrons. The zero-order valence-electron chi connectivity index (χ0n) is 15.1. The van der Waals surface area contributed by atoms with Crippen molar-refractivity contribution in [1.82, 2.24) is 10.7 Å². The SMILES string of the molecule is CCCCOc1ccc(C=NNC(=O)CNC(=O)c2ccc(Cl)cc2)cc1. The van der Waals surface area contributed by atoms with E-state index < -0.39 is 5.91 Å². The summed E-state index contributed by atoms with van der Waals surface area (Å²) in [7, 11) is 0. The molecule has 0 aliphatic rings. The molecule has 0 fully saturated rings. The van der Waals surface area contributed by atoms with Crippen LogP contribution in [0.3, 0.4) is 0 Å². The van der Waals surface area contributed by atoms with Gasteiger partial charge >= 0.3 is 0 Å². The number of carbonyl (C=O) groups is 2. The Kier molecular flexibility index (Phi) is 8.32. The zero-order valence-corrected chi connectivity index (χ0v) is 15.8. The summed E-state index contributed by atoms with van der Waals surface area (Å²) in [6.45, 7) is 2.63. The normalized spacial score (nSPS) is 10.6. The predicted octanol–water partition coefficient (Wildman–Crippen LogP) is 3.40. The van der Waals surface area contributed by atoms with E-state index in [-0.39, 0.29) is 12.5 Å². The van der Waals surface area contributed by atoms with Crippen molar-refractivity contribution < 1.29 is 14.3 Å². The Hall–Kier alpha value is -2.86. The topological polar surface area (TPSA) is 79.8 Å². The van der Waals surface area contributed by atoms with E-state index in [0.717, 1.165) is 24.2 Å². The number of nitrogens with zero attached hydrogens (tertiary/aromatic N) is 1. The van der Waals surface area contributed by atoms with Gasteiger partial charge in [0.05, 0.1) is 19.4 Å². The first-order valence-corrected chi connectivity index (χ1v) is 9.05. The fraction of sp³-hybridized carbons (Fsp3) is 0.250. The number of halogens is 1.